The highest BCUT2D eigenvalue weighted by Crippen LogP contribution is 2.39. The number of ether oxygens (including phenoxy) is 1. The minimum absolute atomic E-state index is 0.112. The Bertz CT molecular complexity index is 643. The van der Waals surface area contributed by atoms with Crippen LogP contribution < -0.4 is 10.5 Å². The molecule has 1 aromatic rings. The molecule has 0 aromatic carbocycles. The topological polar surface area (TPSA) is 82.3 Å². The second-order valence-corrected chi connectivity index (χ2v) is 6.01. The largest absolute Gasteiger partial charge is 0.574 e. The molecule has 0 saturated heterocycles. The summed E-state index contributed by atoms with van der Waals surface area (Å²) in [6, 6.07) is -0.112. The van der Waals surface area contributed by atoms with Crippen LogP contribution in [0.1, 0.15) is 11.3 Å². The molecule has 1 heterocycles. The minimum atomic E-state index is -5.46. The van der Waals surface area contributed by atoms with E-state index >= 15 is 0 Å². The molecule has 0 amide bonds. The molecular weight excluding hydrogens is 354 g/mol. The maximum absolute atomic E-state index is 12.7. The molecule has 13 heteroatoms. The molecular formula is C8H5ClF6N2O3S. The van der Waals surface area contributed by atoms with Gasteiger partial charge in [0.2, 0.25) is 5.88 Å². The van der Waals surface area contributed by atoms with E-state index in [1.54, 1.807) is 0 Å². The van der Waals surface area contributed by atoms with Crippen LogP contribution in [0.4, 0.5) is 26.3 Å². The van der Waals surface area contributed by atoms with Crippen molar-refractivity contribution in [2.24, 2.45) is 5.73 Å². The maximum Gasteiger partial charge on any atom is 0.574 e. The number of nitrogens with two attached hydrogens (primary N) is 1. The van der Waals surface area contributed by atoms with E-state index in [9.17, 15) is 34.8 Å². The van der Waals surface area contributed by atoms with Crippen LogP contribution in [0, 0.1) is 0 Å². The molecule has 0 fully saturated rings. The van der Waals surface area contributed by atoms with E-state index in [4.69, 9.17) is 16.4 Å². The fourth-order valence-electron chi connectivity index (χ4n) is 1.26. The summed E-state index contributed by atoms with van der Waals surface area (Å²) in [7, 11) is 0.200. The van der Waals surface area contributed by atoms with Crippen molar-refractivity contribution in [3.8, 4) is 5.88 Å². The summed E-state index contributed by atoms with van der Waals surface area (Å²) >= 11 is 0. The third kappa shape index (κ3) is 4.61. The van der Waals surface area contributed by atoms with Crippen LogP contribution in [0.3, 0.4) is 0 Å². The van der Waals surface area contributed by atoms with Crippen LogP contribution in [0.15, 0.2) is 11.0 Å². The van der Waals surface area contributed by atoms with Gasteiger partial charge in [0.25, 0.3) is 9.05 Å². The second-order valence-electron chi connectivity index (χ2n) is 3.47. The Morgan fingerprint density at radius 2 is 1.76 bits per heavy atom. The SMILES string of the molecule is NCc1nc(OC(F)(F)F)c(C(F)(F)F)cc1S(=O)(=O)Cl. The summed E-state index contributed by atoms with van der Waals surface area (Å²) in [6.45, 7) is -0.770. The molecule has 0 aliphatic rings. The predicted octanol–water partition coefficient (Wildman–Crippen LogP) is 2.39. The van der Waals surface area contributed by atoms with Crippen molar-refractivity contribution in [3.63, 3.8) is 0 Å². The first-order valence-corrected chi connectivity index (χ1v) is 7.08. The molecule has 2 N–H and O–H groups in total. The molecule has 0 unspecified atom stereocenters. The maximum atomic E-state index is 12.7. The third-order valence-corrected chi connectivity index (χ3v) is 3.38. The number of hydrogen-bond acceptors (Lipinski definition) is 5. The van der Waals surface area contributed by atoms with E-state index in [2.05, 4.69) is 9.72 Å². The minimum Gasteiger partial charge on any atom is -0.387 e. The molecule has 1 aromatic heterocycles. The van der Waals surface area contributed by atoms with Crippen molar-refractivity contribution in [1.29, 1.82) is 0 Å². The third-order valence-electron chi connectivity index (χ3n) is 2.00. The molecule has 0 spiro atoms. The highest BCUT2D eigenvalue weighted by Gasteiger charge is 2.42. The number of nitrogens with zero attached hydrogens (tertiary/aromatic N) is 1. The van der Waals surface area contributed by atoms with Gasteiger partial charge in [0.1, 0.15) is 10.5 Å². The van der Waals surface area contributed by atoms with E-state index in [-0.39, 0.29) is 6.07 Å². The highest BCUT2D eigenvalue weighted by molar-refractivity contribution is 8.13. The lowest BCUT2D eigenvalue weighted by atomic mass is 10.2. The molecule has 0 radical (unpaired) electrons. The van der Waals surface area contributed by atoms with Crippen LogP contribution in [-0.4, -0.2) is 19.8 Å². The van der Waals surface area contributed by atoms with Crippen LogP contribution >= 0.6 is 10.7 Å². The Balaban J connectivity index is 3.65. The normalized spacial score (nSPS) is 13.3. The van der Waals surface area contributed by atoms with Crippen LogP contribution in [0.5, 0.6) is 5.88 Å². The molecule has 5 nitrogen and oxygen atoms in total. The highest BCUT2D eigenvalue weighted by atomic mass is 35.7. The Morgan fingerprint density at radius 1 is 1.24 bits per heavy atom. The van der Waals surface area contributed by atoms with Crippen LogP contribution in [0.2, 0.25) is 0 Å². The van der Waals surface area contributed by atoms with Crippen molar-refractivity contribution in [2.75, 3.05) is 0 Å². The summed E-state index contributed by atoms with van der Waals surface area (Å²) in [4.78, 5) is 1.71. The first-order valence-electron chi connectivity index (χ1n) is 4.77. The fraction of sp³-hybridized carbons (Fsp3) is 0.375. The Kier molecular flexibility index (Phi) is 4.65. The van der Waals surface area contributed by atoms with Gasteiger partial charge in [-0.05, 0) is 6.07 Å². The van der Waals surface area contributed by atoms with E-state index in [1.165, 1.54) is 0 Å². The molecule has 120 valence electrons. The monoisotopic (exact) mass is 358 g/mol. The quantitative estimate of drug-likeness (QED) is 0.662. The van der Waals surface area contributed by atoms with Crippen molar-refractivity contribution < 1.29 is 39.5 Å². The summed E-state index contributed by atoms with van der Waals surface area (Å²) in [5.74, 6) is -1.86. The standard InChI is InChI=1S/C8H5ClF6N2O3S/c9-21(18,19)5-1-3(7(10,11)12)6(17-4(5)2-16)20-8(13,14)15/h1H,2,16H2. The number of halogens is 7. The lowest BCUT2D eigenvalue weighted by Gasteiger charge is -2.16. The zero-order valence-corrected chi connectivity index (χ0v) is 11.2. The van der Waals surface area contributed by atoms with Gasteiger partial charge in [-0.25, -0.2) is 13.4 Å². The Hall–Kier alpha value is -1.27. The fourth-order valence-corrected chi connectivity index (χ4v) is 2.33. The summed E-state index contributed by atoms with van der Waals surface area (Å²) in [5, 5.41) is 0. The molecule has 0 bridgehead atoms. The zero-order valence-electron chi connectivity index (χ0n) is 9.59. The van der Waals surface area contributed by atoms with Crippen molar-refractivity contribution in [2.45, 2.75) is 24.0 Å². The molecule has 0 saturated carbocycles. The van der Waals surface area contributed by atoms with Gasteiger partial charge >= 0.3 is 12.5 Å². The van der Waals surface area contributed by atoms with Gasteiger partial charge in [-0.2, -0.15) is 13.2 Å². The summed E-state index contributed by atoms with van der Waals surface area (Å²) < 4.78 is 99.6. The number of pyridine rings is 1. The van der Waals surface area contributed by atoms with Gasteiger partial charge in [-0.3, -0.25) is 0 Å². The van der Waals surface area contributed by atoms with Crippen molar-refractivity contribution in [1.82, 2.24) is 4.98 Å². The number of aromatic nitrogens is 1. The molecule has 0 atom stereocenters. The van der Waals surface area contributed by atoms with Gasteiger partial charge in [0, 0.05) is 17.2 Å². The van der Waals surface area contributed by atoms with Gasteiger partial charge < -0.3 is 10.5 Å². The summed E-state index contributed by atoms with van der Waals surface area (Å²) in [6.07, 6.45) is -10.8. The van der Waals surface area contributed by atoms with E-state index < -0.39 is 50.2 Å². The van der Waals surface area contributed by atoms with E-state index in [1.807, 2.05) is 0 Å². The smallest absolute Gasteiger partial charge is 0.387 e. The first kappa shape index (κ1) is 17.8. The zero-order chi connectivity index (χ0) is 16.6. The van der Waals surface area contributed by atoms with E-state index in [0.29, 0.717) is 0 Å². The van der Waals surface area contributed by atoms with Crippen LogP contribution in [0.25, 0.3) is 0 Å². The lowest BCUT2D eigenvalue weighted by Crippen LogP contribution is -2.23. The second kappa shape index (κ2) is 5.50. The van der Waals surface area contributed by atoms with Crippen molar-refractivity contribution >= 4 is 19.7 Å². The molecule has 1 rings (SSSR count). The van der Waals surface area contributed by atoms with Gasteiger partial charge in [-0.1, -0.05) is 0 Å². The average molecular weight is 359 g/mol. The molecule has 0 aliphatic carbocycles. The predicted molar refractivity (Wildman–Crippen MR) is 56.9 cm³/mol. The van der Waals surface area contributed by atoms with Gasteiger partial charge in [0.15, 0.2) is 0 Å². The van der Waals surface area contributed by atoms with Crippen LogP contribution in [-0.2, 0) is 21.8 Å². The Labute approximate surface area is 118 Å². The number of alkyl halides is 6. The van der Waals surface area contributed by atoms with E-state index in [0.717, 1.165) is 0 Å². The van der Waals surface area contributed by atoms with Crippen molar-refractivity contribution in [3.05, 3.63) is 17.3 Å². The summed E-state index contributed by atoms with van der Waals surface area (Å²) in [5.41, 5.74) is 2.20. The average Bonchev–Trinajstić information content (AvgIpc) is 2.22. The number of rotatable bonds is 3. The lowest BCUT2D eigenvalue weighted by molar-refractivity contribution is -0.278. The molecule has 0 aliphatic heterocycles. The molecule has 21 heavy (non-hydrogen) atoms. The Morgan fingerprint density at radius 3 is 2.10 bits per heavy atom. The van der Waals surface area contributed by atoms with Gasteiger partial charge in [0.05, 0.1) is 5.69 Å². The van der Waals surface area contributed by atoms with Gasteiger partial charge in [-0.15, -0.1) is 13.2 Å². The first-order chi connectivity index (χ1) is 9.25. The number of hydrogen-bond donors (Lipinski definition) is 1.